The van der Waals surface area contributed by atoms with Gasteiger partial charge in [0.2, 0.25) is 11.7 Å². The molecule has 0 unspecified atom stereocenters. The first kappa shape index (κ1) is 14.6. The lowest BCUT2D eigenvalue weighted by Crippen LogP contribution is -2.75. The molecule has 0 aromatic rings. The minimum Gasteiger partial charge on any atom is -0.447 e. The predicted octanol–water partition coefficient (Wildman–Crippen LogP) is 2.40. The highest BCUT2D eigenvalue weighted by atomic mass is 16.7. The summed E-state index contributed by atoms with van der Waals surface area (Å²) in [5, 5.41) is 37.8. The minimum atomic E-state index is -1.72. The highest BCUT2D eigenvalue weighted by Gasteiger charge is 2.79. The zero-order valence-electron chi connectivity index (χ0n) is 12.3. The lowest BCUT2D eigenvalue weighted by molar-refractivity contribution is -0.347. The van der Waals surface area contributed by atoms with Gasteiger partial charge in [-0.2, -0.15) is 15.8 Å². The summed E-state index contributed by atoms with van der Waals surface area (Å²) in [6.07, 6.45) is 5.35. The predicted molar refractivity (Wildman–Crippen MR) is 74.9 cm³/mol. The molecule has 0 amide bonds. The Bertz CT molecular complexity index is 666. The molecule has 3 heterocycles. The summed E-state index contributed by atoms with van der Waals surface area (Å²) in [5.41, 5.74) is -3.34. The van der Waals surface area contributed by atoms with E-state index in [2.05, 4.69) is 12.1 Å². The standard InChI is InChI=1S/C16H16N4O2/c1-2-5-12-15(10-19)13(20)22-16(21-12)7-4-3-6-11(16)14(15,8-17)9-18/h2,5,11-12,20H,3-4,6-7H2,1H3/b5-2+,20-13?/t11-,12+,15+,16+/m0/s1. The monoisotopic (exact) mass is 296 g/mol. The van der Waals surface area contributed by atoms with Crippen molar-refractivity contribution in [2.75, 3.05) is 0 Å². The van der Waals surface area contributed by atoms with Crippen molar-refractivity contribution in [1.29, 1.82) is 21.2 Å². The summed E-state index contributed by atoms with van der Waals surface area (Å²) in [4.78, 5) is 0. The van der Waals surface area contributed by atoms with Crippen LogP contribution < -0.4 is 0 Å². The molecule has 6 nitrogen and oxygen atoms in total. The van der Waals surface area contributed by atoms with Crippen LogP contribution in [0.15, 0.2) is 12.2 Å². The third-order valence-electron chi connectivity index (χ3n) is 5.23. The van der Waals surface area contributed by atoms with Gasteiger partial charge in [-0.1, -0.05) is 18.6 Å². The fraction of sp³-hybridized carbons (Fsp3) is 0.625. The van der Waals surface area contributed by atoms with Crippen molar-refractivity contribution in [1.82, 2.24) is 0 Å². The maximum absolute atomic E-state index is 9.84. The third-order valence-corrected chi connectivity index (χ3v) is 5.23. The summed E-state index contributed by atoms with van der Waals surface area (Å²) in [7, 11) is 0. The van der Waals surface area contributed by atoms with Crippen LogP contribution in [-0.2, 0) is 9.47 Å². The van der Waals surface area contributed by atoms with Gasteiger partial charge in [0.1, 0.15) is 6.10 Å². The number of nitrogens with zero attached hydrogens (tertiary/aromatic N) is 3. The first-order valence-corrected chi connectivity index (χ1v) is 7.39. The lowest BCUT2D eigenvalue weighted by atomic mass is 9.49. The van der Waals surface area contributed by atoms with Crippen molar-refractivity contribution in [3.8, 4) is 18.2 Å². The van der Waals surface area contributed by atoms with E-state index in [1.165, 1.54) is 0 Å². The van der Waals surface area contributed by atoms with E-state index in [4.69, 9.17) is 14.9 Å². The van der Waals surface area contributed by atoms with Crippen molar-refractivity contribution in [3.63, 3.8) is 0 Å². The number of allylic oxidation sites excluding steroid dienone is 1. The van der Waals surface area contributed by atoms with Crippen LogP contribution in [0, 0.1) is 56.2 Å². The lowest BCUT2D eigenvalue weighted by Gasteiger charge is -2.63. The number of fused-ring (bicyclic) bond motifs is 2. The van der Waals surface area contributed by atoms with Crippen LogP contribution in [0.3, 0.4) is 0 Å². The number of hydrogen-bond acceptors (Lipinski definition) is 6. The van der Waals surface area contributed by atoms with E-state index in [-0.39, 0.29) is 5.90 Å². The van der Waals surface area contributed by atoms with Gasteiger partial charge in [-0.05, 0) is 19.8 Å². The number of nitriles is 3. The van der Waals surface area contributed by atoms with Gasteiger partial charge in [0.15, 0.2) is 10.8 Å². The Morgan fingerprint density at radius 3 is 2.55 bits per heavy atom. The SMILES string of the molecule is C/C=C/[C@H]1O[C@@]23CCCC[C@H]2C(C#N)(C#N)[C@@]1(C#N)C(=N)O3. The minimum absolute atomic E-state index is 0.314. The van der Waals surface area contributed by atoms with Gasteiger partial charge in [-0.25, -0.2) is 0 Å². The molecule has 0 aromatic carbocycles. The first-order chi connectivity index (χ1) is 10.6. The summed E-state index contributed by atoms with van der Waals surface area (Å²) < 4.78 is 11.8. The third kappa shape index (κ3) is 1.33. The maximum Gasteiger partial charge on any atom is 0.218 e. The van der Waals surface area contributed by atoms with Gasteiger partial charge in [0.05, 0.1) is 24.1 Å². The highest BCUT2D eigenvalue weighted by molar-refractivity contribution is 5.89. The number of nitrogens with one attached hydrogen (secondary N) is 1. The first-order valence-electron chi connectivity index (χ1n) is 7.39. The Kier molecular flexibility index (Phi) is 3.02. The van der Waals surface area contributed by atoms with Crippen LogP contribution in [0.5, 0.6) is 0 Å². The molecule has 3 saturated heterocycles. The van der Waals surface area contributed by atoms with Crippen molar-refractivity contribution in [2.45, 2.75) is 44.5 Å². The van der Waals surface area contributed by atoms with Crippen LogP contribution in [0.1, 0.15) is 32.6 Å². The van der Waals surface area contributed by atoms with E-state index in [1.807, 2.05) is 6.07 Å². The van der Waals surface area contributed by atoms with E-state index < -0.39 is 28.6 Å². The molecule has 1 saturated carbocycles. The quantitative estimate of drug-likeness (QED) is 0.746. The molecule has 4 fully saturated rings. The average Bonchev–Trinajstić information content (AvgIpc) is 2.53. The van der Waals surface area contributed by atoms with E-state index >= 15 is 0 Å². The summed E-state index contributed by atoms with van der Waals surface area (Å²) >= 11 is 0. The zero-order valence-corrected chi connectivity index (χ0v) is 12.3. The number of ether oxygens (including phenoxy) is 2. The molecule has 6 heteroatoms. The van der Waals surface area contributed by atoms with E-state index in [9.17, 15) is 15.8 Å². The van der Waals surface area contributed by atoms with E-state index in [0.29, 0.717) is 12.8 Å². The fourth-order valence-electron chi connectivity index (χ4n) is 4.23. The molecule has 112 valence electrons. The van der Waals surface area contributed by atoms with Gasteiger partial charge in [0.25, 0.3) is 0 Å². The average molecular weight is 296 g/mol. The Morgan fingerprint density at radius 2 is 1.95 bits per heavy atom. The van der Waals surface area contributed by atoms with Crippen LogP contribution >= 0.6 is 0 Å². The number of rotatable bonds is 1. The van der Waals surface area contributed by atoms with Crippen molar-refractivity contribution in [2.24, 2.45) is 16.7 Å². The number of hydrogen-bond donors (Lipinski definition) is 1. The van der Waals surface area contributed by atoms with E-state index in [0.717, 1.165) is 12.8 Å². The molecule has 4 aliphatic rings. The molecule has 2 bridgehead atoms. The zero-order chi connectivity index (χ0) is 16.0. The highest BCUT2D eigenvalue weighted by Crippen LogP contribution is 2.65. The van der Waals surface area contributed by atoms with Gasteiger partial charge in [0, 0.05) is 6.42 Å². The van der Waals surface area contributed by atoms with Gasteiger partial charge < -0.3 is 9.47 Å². The Labute approximate surface area is 129 Å². The Balaban J connectivity index is 2.32. The second-order valence-electron chi connectivity index (χ2n) is 6.06. The molecule has 0 aromatic heterocycles. The van der Waals surface area contributed by atoms with Gasteiger partial charge in [-0.3, -0.25) is 5.41 Å². The van der Waals surface area contributed by atoms with Crippen LogP contribution in [-0.4, -0.2) is 17.8 Å². The van der Waals surface area contributed by atoms with Gasteiger partial charge >= 0.3 is 0 Å². The topological polar surface area (TPSA) is 114 Å². The fourth-order valence-corrected chi connectivity index (χ4v) is 4.23. The summed E-state index contributed by atoms with van der Waals surface area (Å²) in [6.45, 7) is 1.78. The Morgan fingerprint density at radius 1 is 1.23 bits per heavy atom. The normalized spacial score (nSPS) is 41.8. The second-order valence-corrected chi connectivity index (χ2v) is 6.06. The van der Waals surface area contributed by atoms with Crippen LogP contribution in [0.25, 0.3) is 0 Å². The molecule has 4 atom stereocenters. The molecular formula is C16H16N4O2. The smallest absolute Gasteiger partial charge is 0.218 e. The molecule has 1 N–H and O–H groups in total. The van der Waals surface area contributed by atoms with Crippen molar-refractivity contribution < 1.29 is 9.47 Å². The van der Waals surface area contributed by atoms with Crippen LogP contribution in [0.2, 0.25) is 0 Å². The second kappa shape index (κ2) is 4.57. The molecule has 3 aliphatic heterocycles. The Hall–Kier alpha value is -2.36. The van der Waals surface area contributed by atoms with Crippen molar-refractivity contribution >= 4 is 5.90 Å². The molecule has 1 aliphatic carbocycles. The van der Waals surface area contributed by atoms with Gasteiger partial charge in [-0.15, -0.1) is 0 Å². The molecule has 1 spiro atoms. The molecule has 22 heavy (non-hydrogen) atoms. The molecular weight excluding hydrogens is 280 g/mol. The molecule has 4 rings (SSSR count). The summed E-state index contributed by atoms with van der Waals surface area (Å²) in [6, 6.07) is 6.21. The maximum atomic E-state index is 9.84. The summed E-state index contributed by atoms with van der Waals surface area (Å²) in [5.74, 6) is -1.96. The van der Waals surface area contributed by atoms with E-state index in [1.54, 1.807) is 19.1 Å². The largest absolute Gasteiger partial charge is 0.447 e. The van der Waals surface area contributed by atoms with Crippen molar-refractivity contribution in [3.05, 3.63) is 12.2 Å². The van der Waals surface area contributed by atoms with Crippen LogP contribution in [0.4, 0.5) is 0 Å². The molecule has 0 radical (unpaired) electrons.